The molecule has 0 fully saturated rings. The zero-order chi connectivity index (χ0) is 13.5. The van der Waals surface area contributed by atoms with Crippen molar-refractivity contribution in [1.82, 2.24) is 5.32 Å². The van der Waals surface area contributed by atoms with Crippen LogP contribution < -0.4 is 16.8 Å². The van der Waals surface area contributed by atoms with Crippen LogP contribution in [0.2, 0.25) is 0 Å². The molecule has 0 aliphatic carbocycles. The lowest BCUT2D eigenvalue weighted by Crippen LogP contribution is -2.39. The maximum Gasteiger partial charge on any atom is 0.234 e. The summed E-state index contributed by atoms with van der Waals surface area (Å²) in [5.41, 5.74) is 10.4. The molecule has 0 rings (SSSR count). The van der Waals surface area contributed by atoms with Gasteiger partial charge in [-0.25, -0.2) is 0 Å². The van der Waals surface area contributed by atoms with Crippen LogP contribution in [-0.4, -0.2) is 29.5 Å². The molecule has 1 atom stereocenters. The molecular formula is C11H24N4O2. The summed E-state index contributed by atoms with van der Waals surface area (Å²) in [6.45, 7) is 6.34. The highest BCUT2D eigenvalue weighted by molar-refractivity contribution is 5.85. The van der Waals surface area contributed by atoms with Crippen molar-refractivity contribution in [2.45, 2.75) is 46.1 Å². The zero-order valence-corrected chi connectivity index (χ0v) is 10.9. The maximum atomic E-state index is 10.8. The number of amidine groups is 1. The number of carbonyl (C=O) groups is 1. The van der Waals surface area contributed by atoms with Gasteiger partial charge in [-0.15, -0.1) is 0 Å². The van der Waals surface area contributed by atoms with Crippen LogP contribution in [-0.2, 0) is 4.79 Å². The van der Waals surface area contributed by atoms with Crippen LogP contribution in [0.25, 0.3) is 0 Å². The molecule has 0 aliphatic rings. The number of primary amides is 1. The number of unbranched alkanes of at least 4 members (excludes halogenated alkanes) is 1. The lowest BCUT2D eigenvalue weighted by molar-refractivity contribution is -0.119. The zero-order valence-electron chi connectivity index (χ0n) is 10.9. The molecule has 6 heteroatoms. The molecule has 0 aliphatic heterocycles. The van der Waals surface area contributed by atoms with Crippen LogP contribution >= 0.6 is 0 Å². The second-order valence-corrected chi connectivity index (χ2v) is 4.90. The van der Waals surface area contributed by atoms with Gasteiger partial charge in [-0.2, -0.15) is 0 Å². The number of hydrogen-bond acceptors (Lipinski definition) is 4. The van der Waals surface area contributed by atoms with E-state index in [-0.39, 0.29) is 23.2 Å². The number of hydrogen-bond donors (Lipinski definition) is 4. The van der Waals surface area contributed by atoms with Crippen molar-refractivity contribution in [2.75, 3.05) is 6.54 Å². The predicted molar refractivity (Wildman–Crippen MR) is 67.7 cm³/mol. The maximum absolute atomic E-state index is 10.8. The van der Waals surface area contributed by atoms with Gasteiger partial charge in [0.05, 0.1) is 6.04 Å². The second-order valence-electron chi connectivity index (χ2n) is 4.90. The predicted octanol–water partition coefficient (Wildman–Crippen LogP) is 0.393. The molecule has 0 saturated heterocycles. The Morgan fingerprint density at radius 3 is 2.47 bits per heavy atom. The van der Waals surface area contributed by atoms with Crippen molar-refractivity contribution in [2.24, 2.45) is 22.0 Å². The average Bonchev–Trinajstić information content (AvgIpc) is 2.26. The molecule has 0 spiro atoms. The summed E-state index contributed by atoms with van der Waals surface area (Å²) in [6, 6.07) is -0.299. The van der Waals surface area contributed by atoms with E-state index in [4.69, 9.17) is 16.7 Å². The first kappa shape index (κ1) is 15.7. The number of rotatable bonds is 8. The third-order valence-electron chi connectivity index (χ3n) is 2.91. The number of nitrogens with two attached hydrogens (primary N) is 2. The summed E-state index contributed by atoms with van der Waals surface area (Å²) in [6.07, 6.45) is 2.68. The Morgan fingerprint density at radius 1 is 1.41 bits per heavy atom. The number of nitrogens with one attached hydrogen (secondary N) is 1. The van der Waals surface area contributed by atoms with Crippen molar-refractivity contribution in [3.8, 4) is 0 Å². The topological polar surface area (TPSA) is 114 Å². The molecule has 0 heterocycles. The Balaban J connectivity index is 3.75. The second kappa shape index (κ2) is 7.11. The molecule has 0 saturated carbocycles. The Labute approximate surface area is 102 Å². The van der Waals surface area contributed by atoms with E-state index in [9.17, 15) is 4.79 Å². The third kappa shape index (κ3) is 6.11. The molecule has 0 radical (unpaired) electrons. The molecule has 0 bridgehead atoms. The summed E-state index contributed by atoms with van der Waals surface area (Å²) in [7, 11) is 0. The Kier molecular flexibility index (Phi) is 6.57. The molecule has 0 aromatic rings. The molecule has 0 aromatic carbocycles. The van der Waals surface area contributed by atoms with E-state index < -0.39 is 0 Å². The highest BCUT2D eigenvalue weighted by Crippen LogP contribution is 2.22. The summed E-state index contributed by atoms with van der Waals surface area (Å²) in [5.74, 6) is -0.0991. The van der Waals surface area contributed by atoms with E-state index in [1.807, 2.05) is 13.8 Å². The van der Waals surface area contributed by atoms with Gasteiger partial charge in [0.25, 0.3) is 0 Å². The first-order chi connectivity index (χ1) is 7.81. The van der Waals surface area contributed by atoms with Gasteiger partial charge in [0, 0.05) is 5.41 Å². The first-order valence-electron chi connectivity index (χ1n) is 5.82. The molecule has 17 heavy (non-hydrogen) atoms. The van der Waals surface area contributed by atoms with Gasteiger partial charge in [0.2, 0.25) is 5.91 Å². The molecule has 6 N–H and O–H groups in total. The fourth-order valence-electron chi connectivity index (χ4n) is 1.37. The van der Waals surface area contributed by atoms with Crippen molar-refractivity contribution < 1.29 is 10.0 Å². The van der Waals surface area contributed by atoms with E-state index >= 15 is 0 Å². The van der Waals surface area contributed by atoms with Gasteiger partial charge in [0.1, 0.15) is 5.84 Å². The largest absolute Gasteiger partial charge is 0.409 e. The van der Waals surface area contributed by atoms with Gasteiger partial charge in [-0.05, 0) is 26.3 Å². The van der Waals surface area contributed by atoms with E-state index in [1.54, 1.807) is 6.92 Å². The van der Waals surface area contributed by atoms with Crippen LogP contribution in [0.3, 0.4) is 0 Å². The first-order valence-corrected chi connectivity index (χ1v) is 5.82. The van der Waals surface area contributed by atoms with Crippen molar-refractivity contribution in [1.29, 1.82) is 0 Å². The quantitative estimate of drug-likeness (QED) is 0.163. The van der Waals surface area contributed by atoms with E-state index in [0.29, 0.717) is 0 Å². The van der Waals surface area contributed by atoms with E-state index in [1.165, 1.54) is 0 Å². The molecule has 0 aromatic heterocycles. The van der Waals surface area contributed by atoms with Gasteiger partial charge in [-0.1, -0.05) is 25.4 Å². The fourth-order valence-corrected chi connectivity index (χ4v) is 1.37. The molecular weight excluding hydrogens is 220 g/mol. The summed E-state index contributed by atoms with van der Waals surface area (Å²) in [4.78, 5) is 10.8. The number of carbonyl (C=O) groups excluding carboxylic acids is 1. The SMILES string of the molecule is CC(NCCCCC(C)(C)C(N)=NO)C(N)=O. The minimum Gasteiger partial charge on any atom is -0.409 e. The Morgan fingerprint density at radius 2 is 2.00 bits per heavy atom. The minimum atomic E-state index is -0.345. The van der Waals surface area contributed by atoms with Crippen molar-refractivity contribution in [3.05, 3.63) is 0 Å². The van der Waals surface area contributed by atoms with Gasteiger partial charge in [0.15, 0.2) is 0 Å². The minimum absolute atomic E-state index is 0.246. The standard InChI is InChI=1S/C11H24N4O2/c1-8(9(12)16)14-7-5-4-6-11(2,3)10(13)15-17/h8,14,17H,4-7H2,1-3H3,(H2,12,16)(H2,13,15). The van der Waals surface area contributed by atoms with Crippen LogP contribution in [0.5, 0.6) is 0 Å². The lowest BCUT2D eigenvalue weighted by atomic mass is 9.86. The smallest absolute Gasteiger partial charge is 0.234 e. The van der Waals surface area contributed by atoms with Crippen LogP contribution in [0.1, 0.15) is 40.0 Å². The summed E-state index contributed by atoms with van der Waals surface area (Å²) in [5, 5.41) is 14.7. The highest BCUT2D eigenvalue weighted by atomic mass is 16.4. The van der Waals surface area contributed by atoms with Crippen molar-refractivity contribution >= 4 is 11.7 Å². The lowest BCUT2D eigenvalue weighted by Gasteiger charge is -2.22. The summed E-state index contributed by atoms with van der Waals surface area (Å²) < 4.78 is 0. The van der Waals surface area contributed by atoms with Crippen LogP contribution in [0.4, 0.5) is 0 Å². The van der Waals surface area contributed by atoms with Gasteiger partial charge >= 0.3 is 0 Å². The third-order valence-corrected chi connectivity index (χ3v) is 2.91. The fraction of sp³-hybridized carbons (Fsp3) is 0.818. The van der Waals surface area contributed by atoms with Crippen molar-refractivity contribution in [3.63, 3.8) is 0 Å². The van der Waals surface area contributed by atoms with E-state index in [2.05, 4.69) is 10.5 Å². The average molecular weight is 244 g/mol. The number of oxime groups is 1. The van der Waals surface area contributed by atoms with Crippen LogP contribution in [0.15, 0.2) is 5.16 Å². The molecule has 6 nitrogen and oxygen atoms in total. The number of nitrogens with zero attached hydrogens (tertiary/aromatic N) is 1. The highest BCUT2D eigenvalue weighted by Gasteiger charge is 2.22. The Hall–Kier alpha value is -1.30. The molecule has 100 valence electrons. The normalized spacial score (nSPS) is 14.6. The van der Waals surface area contributed by atoms with Gasteiger partial charge < -0.3 is 22.0 Å². The van der Waals surface area contributed by atoms with Gasteiger partial charge in [-0.3, -0.25) is 4.79 Å². The molecule has 1 unspecified atom stereocenters. The van der Waals surface area contributed by atoms with E-state index in [0.717, 1.165) is 25.8 Å². The monoisotopic (exact) mass is 244 g/mol. The Bertz CT molecular complexity index is 277. The van der Waals surface area contributed by atoms with Crippen LogP contribution in [0, 0.1) is 5.41 Å². The molecule has 1 amide bonds. The summed E-state index contributed by atoms with van der Waals surface area (Å²) >= 11 is 0. The number of amides is 1.